The van der Waals surface area contributed by atoms with Crippen molar-refractivity contribution in [2.45, 2.75) is 27.2 Å². The summed E-state index contributed by atoms with van der Waals surface area (Å²) in [7, 11) is 6.67. The van der Waals surface area contributed by atoms with Crippen LogP contribution >= 0.6 is 17.0 Å². The fourth-order valence-corrected chi connectivity index (χ4v) is 1.56. The Morgan fingerprint density at radius 1 is 1.05 bits per heavy atom. The van der Waals surface area contributed by atoms with Crippen molar-refractivity contribution in [3.05, 3.63) is 11.6 Å². The van der Waals surface area contributed by atoms with Gasteiger partial charge in [0, 0.05) is 25.8 Å². The summed E-state index contributed by atoms with van der Waals surface area (Å²) in [5.41, 5.74) is 1.96. The number of halogens is 1. The van der Waals surface area contributed by atoms with Gasteiger partial charge in [0.25, 0.3) is 0 Å². The number of anilines is 1. The molecule has 0 spiro atoms. The Hall–Kier alpha value is -1.10. The van der Waals surface area contributed by atoms with Gasteiger partial charge in [-0.15, -0.1) is 17.0 Å². The summed E-state index contributed by atoms with van der Waals surface area (Å²) in [6, 6.07) is 1.89. The molecule has 0 heterocycles. The second kappa shape index (κ2) is 10.8. The largest absolute Gasteiger partial charge is 0.493 e. The summed E-state index contributed by atoms with van der Waals surface area (Å²) < 4.78 is 15.8. The topological polar surface area (TPSA) is 39.7 Å². The molecule has 4 nitrogen and oxygen atoms in total. The van der Waals surface area contributed by atoms with Crippen LogP contribution in [0.15, 0.2) is 6.07 Å². The molecule has 1 aromatic carbocycles. The lowest BCUT2D eigenvalue weighted by molar-refractivity contribution is 0.323. The third kappa shape index (κ3) is 5.19. The van der Waals surface area contributed by atoms with Crippen molar-refractivity contribution >= 4 is 22.7 Å². The maximum atomic E-state index is 5.31. The molecule has 0 aliphatic rings. The molecule has 0 aliphatic heterocycles. The van der Waals surface area contributed by atoms with Gasteiger partial charge in [0.2, 0.25) is 5.75 Å². The van der Waals surface area contributed by atoms with Gasteiger partial charge in [0.05, 0.1) is 21.3 Å². The fourth-order valence-electron chi connectivity index (χ4n) is 1.56. The lowest BCUT2D eigenvalue weighted by Crippen LogP contribution is -2.00. The molecule has 0 fully saturated rings. The van der Waals surface area contributed by atoms with E-state index in [0.717, 1.165) is 11.3 Å². The Bertz CT molecular complexity index is 376. The minimum Gasteiger partial charge on any atom is -0.493 e. The summed E-state index contributed by atoms with van der Waals surface area (Å²) in [6.45, 7) is 6.21. The molecule has 0 saturated heterocycles. The van der Waals surface area contributed by atoms with Gasteiger partial charge in [0.1, 0.15) is 0 Å². The molecule has 0 unspecified atom stereocenters. The molecule has 1 N–H and O–H groups in total. The zero-order valence-corrected chi connectivity index (χ0v) is 14.6. The monoisotopic (exact) mass is 337 g/mol. The van der Waals surface area contributed by atoms with Gasteiger partial charge in [-0.2, -0.15) is 0 Å². The molecule has 1 rings (SSSR count). The van der Waals surface area contributed by atoms with E-state index in [9.17, 15) is 0 Å². The Labute approximate surface area is 128 Å². The molecule has 0 aromatic heterocycles. The molecule has 114 valence electrons. The number of nitrogens with one attached hydrogen (secondary N) is 1. The van der Waals surface area contributed by atoms with Gasteiger partial charge in [-0.3, -0.25) is 0 Å². The standard InChI is InChI=1S/C11H17NO3.C3H8.BrH.H2/c1-7-8(12-2)6-9(13-3)11(15-5)10(7)14-4;1-3-2;;/h6,12H,1-5H3;3H2,1-2H3;2*1H. The third-order valence-electron chi connectivity index (χ3n) is 2.35. The number of rotatable bonds is 4. The number of hydrogen-bond acceptors (Lipinski definition) is 4. The van der Waals surface area contributed by atoms with E-state index in [4.69, 9.17) is 14.2 Å². The van der Waals surface area contributed by atoms with Gasteiger partial charge < -0.3 is 19.5 Å². The molecule has 0 bridgehead atoms. The van der Waals surface area contributed by atoms with Crippen molar-refractivity contribution < 1.29 is 15.6 Å². The third-order valence-corrected chi connectivity index (χ3v) is 2.35. The number of hydrogen-bond donors (Lipinski definition) is 1. The molecule has 0 radical (unpaired) electrons. The van der Waals surface area contributed by atoms with Crippen LogP contribution in [0.25, 0.3) is 0 Å². The zero-order chi connectivity index (χ0) is 14.1. The minimum absolute atomic E-state index is 0. The van der Waals surface area contributed by atoms with Gasteiger partial charge >= 0.3 is 0 Å². The van der Waals surface area contributed by atoms with Crippen LogP contribution in [0.2, 0.25) is 0 Å². The first kappa shape index (κ1) is 20.2. The molecule has 5 heteroatoms. The average Bonchev–Trinajstić information content (AvgIpc) is 2.38. The normalized spacial score (nSPS) is 8.58. The van der Waals surface area contributed by atoms with E-state index in [-0.39, 0.29) is 18.4 Å². The van der Waals surface area contributed by atoms with Crippen LogP contribution in [0.4, 0.5) is 5.69 Å². The number of benzene rings is 1. The molecule has 0 aliphatic carbocycles. The molecule has 19 heavy (non-hydrogen) atoms. The first-order chi connectivity index (χ1) is 8.60. The summed E-state index contributed by atoms with van der Waals surface area (Å²) in [4.78, 5) is 0. The van der Waals surface area contributed by atoms with Crippen LogP contribution in [-0.2, 0) is 0 Å². The van der Waals surface area contributed by atoms with Crippen LogP contribution in [0, 0.1) is 6.92 Å². The second-order valence-electron chi connectivity index (χ2n) is 3.77. The molecular weight excluding hydrogens is 310 g/mol. The minimum atomic E-state index is 0. The second-order valence-corrected chi connectivity index (χ2v) is 3.77. The van der Waals surface area contributed by atoms with Crippen LogP contribution in [0.3, 0.4) is 0 Å². The maximum Gasteiger partial charge on any atom is 0.203 e. The molecule has 0 atom stereocenters. The highest BCUT2D eigenvalue weighted by Crippen LogP contribution is 2.43. The van der Waals surface area contributed by atoms with Crippen molar-refractivity contribution in [2.75, 3.05) is 33.7 Å². The summed E-state index contributed by atoms with van der Waals surface area (Å²) in [5, 5.41) is 3.08. The highest BCUT2D eigenvalue weighted by Gasteiger charge is 2.16. The highest BCUT2D eigenvalue weighted by atomic mass is 79.9. The summed E-state index contributed by atoms with van der Waals surface area (Å²) in [5.74, 6) is 1.97. The van der Waals surface area contributed by atoms with Crippen molar-refractivity contribution in [1.29, 1.82) is 0 Å². The molecule has 0 saturated carbocycles. The SMILES string of the molecule is Br.CCC.CNc1cc(OC)c(OC)c(OC)c1C.[HH]. The maximum absolute atomic E-state index is 5.31. The van der Waals surface area contributed by atoms with E-state index in [1.165, 1.54) is 6.42 Å². The van der Waals surface area contributed by atoms with E-state index >= 15 is 0 Å². The first-order valence-electron chi connectivity index (χ1n) is 6.08. The summed E-state index contributed by atoms with van der Waals surface area (Å²) in [6.07, 6.45) is 1.25. The van der Waals surface area contributed by atoms with Gasteiger partial charge in [0.15, 0.2) is 11.5 Å². The van der Waals surface area contributed by atoms with E-state index < -0.39 is 0 Å². The fraction of sp³-hybridized carbons (Fsp3) is 0.571. The lowest BCUT2D eigenvalue weighted by Gasteiger charge is -2.17. The van der Waals surface area contributed by atoms with E-state index in [0.29, 0.717) is 17.2 Å². The quantitative estimate of drug-likeness (QED) is 0.888. The van der Waals surface area contributed by atoms with Crippen LogP contribution < -0.4 is 19.5 Å². The Morgan fingerprint density at radius 3 is 1.84 bits per heavy atom. The number of ether oxygens (including phenoxy) is 3. The highest BCUT2D eigenvalue weighted by molar-refractivity contribution is 8.93. The predicted octanol–water partition coefficient (Wildman–Crippen LogP) is 4.30. The van der Waals surface area contributed by atoms with E-state index in [2.05, 4.69) is 19.2 Å². The molecule has 1 aromatic rings. The van der Waals surface area contributed by atoms with Crippen LogP contribution in [0.5, 0.6) is 17.2 Å². The van der Waals surface area contributed by atoms with Crippen LogP contribution in [0.1, 0.15) is 27.3 Å². The van der Waals surface area contributed by atoms with Crippen molar-refractivity contribution in [2.24, 2.45) is 0 Å². The Morgan fingerprint density at radius 2 is 1.53 bits per heavy atom. The Balaban J connectivity index is -0.000000530. The summed E-state index contributed by atoms with van der Waals surface area (Å²) >= 11 is 0. The van der Waals surface area contributed by atoms with Gasteiger partial charge in [-0.05, 0) is 6.92 Å². The van der Waals surface area contributed by atoms with Crippen molar-refractivity contribution in [3.63, 3.8) is 0 Å². The van der Waals surface area contributed by atoms with Crippen LogP contribution in [-0.4, -0.2) is 28.4 Å². The predicted molar refractivity (Wildman–Crippen MR) is 88.8 cm³/mol. The number of methoxy groups -OCH3 is 3. The van der Waals surface area contributed by atoms with Gasteiger partial charge in [-0.25, -0.2) is 0 Å². The van der Waals surface area contributed by atoms with Crippen molar-refractivity contribution in [3.8, 4) is 17.2 Å². The Kier molecular flexibility index (Phi) is 11.5. The molecular formula is C14H28BrNO3. The first-order valence-corrected chi connectivity index (χ1v) is 6.08. The van der Waals surface area contributed by atoms with Crippen molar-refractivity contribution in [1.82, 2.24) is 0 Å². The lowest BCUT2D eigenvalue weighted by atomic mass is 10.1. The van der Waals surface area contributed by atoms with E-state index in [1.807, 2.05) is 20.0 Å². The van der Waals surface area contributed by atoms with E-state index in [1.54, 1.807) is 21.3 Å². The average molecular weight is 338 g/mol. The smallest absolute Gasteiger partial charge is 0.203 e. The van der Waals surface area contributed by atoms with Gasteiger partial charge in [-0.1, -0.05) is 20.3 Å². The molecule has 0 amide bonds. The zero-order valence-electron chi connectivity index (χ0n) is 12.9.